The van der Waals surface area contributed by atoms with Gasteiger partial charge in [0.25, 0.3) is 0 Å². The third kappa shape index (κ3) is 4.21. The van der Waals surface area contributed by atoms with Gasteiger partial charge in [-0.05, 0) is 53.0 Å². The summed E-state index contributed by atoms with van der Waals surface area (Å²) in [4.78, 5) is 4.84. The smallest absolute Gasteiger partial charge is 0.0826 e. The van der Waals surface area contributed by atoms with E-state index in [-0.39, 0.29) is 0 Å². The molecule has 2 fully saturated rings. The quantitative estimate of drug-likeness (QED) is 0.681. The normalized spacial score (nSPS) is 29.8. The van der Waals surface area contributed by atoms with Gasteiger partial charge in [-0.15, -0.1) is 0 Å². The second kappa shape index (κ2) is 6.69. The zero-order valence-electron chi connectivity index (χ0n) is 11.3. The summed E-state index contributed by atoms with van der Waals surface area (Å²) in [5, 5.41) is 3.51. The van der Waals surface area contributed by atoms with Crippen molar-refractivity contribution in [1.29, 1.82) is 0 Å². The fourth-order valence-corrected chi connectivity index (χ4v) is 2.79. The Labute approximate surface area is 105 Å². The molecule has 2 unspecified atom stereocenters. The molecule has 2 aliphatic heterocycles. The molecular formula is C13H27N3O. The summed E-state index contributed by atoms with van der Waals surface area (Å²) in [6, 6.07) is 0.722. The molecule has 0 amide bonds. The lowest BCUT2D eigenvalue weighted by Gasteiger charge is -2.35. The van der Waals surface area contributed by atoms with E-state index in [0.29, 0.717) is 6.10 Å². The summed E-state index contributed by atoms with van der Waals surface area (Å²) in [7, 11) is 4.25. The predicted molar refractivity (Wildman–Crippen MR) is 70.4 cm³/mol. The summed E-state index contributed by atoms with van der Waals surface area (Å²) in [5.74, 6) is 0. The van der Waals surface area contributed by atoms with Crippen LogP contribution in [0.25, 0.3) is 0 Å². The number of hydrogen-bond donors (Lipinski definition) is 1. The maximum absolute atomic E-state index is 5.90. The summed E-state index contributed by atoms with van der Waals surface area (Å²) < 4.78 is 5.90. The van der Waals surface area contributed by atoms with Crippen LogP contribution in [0.1, 0.15) is 19.3 Å². The van der Waals surface area contributed by atoms with Crippen molar-refractivity contribution in [1.82, 2.24) is 15.1 Å². The minimum absolute atomic E-state index is 0.406. The van der Waals surface area contributed by atoms with Crippen molar-refractivity contribution >= 4 is 0 Å². The Morgan fingerprint density at radius 3 is 3.12 bits per heavy atom. The third-order valence-corrected chi connectivity index (χ3v) is 3.79. The van der Waals surface area contributed by atoms with Crippen LogP contribution in [0.5, 0.6) is 0 Å². The molecule has 0 radical (unpaired) electrons. The SMILES string of the molecule is CN(C)CCCNCC1CN2CCCC2CO1. The van der Waals surface area contributed by atoms with Crippen molar-refractivity contribution < 1.29 is 4.74 Å². The molecule has 4 heteroatoms. The standard InChI is InChI=1S/C13H27N3O/c1-15(2)7-4-6-14-9-13-10-16-8-3-5-12(16)11-17-13/h12-14H,3-11H2,1-2H3. The van der Waals surface area contributed by atoms with Crippen molar-refractivity contribution in [2.45, 2.75) is 31.4 Å². The van der Waals surface area contributed by atoms with Gasteiger partial charge in [0.1, 0.15) is 0 Å². The number of ether oxygens (including phenoxy) is 1. The fourth-order valence-electron chi connectivity index (χ4n) is 2.79. The molecule has 0 aliphatic carbocycles. The molecule has 2 aliphatic rings. The number of morpholine rings is 1. The van der Waals surface area contributed by atoms with Crippen LogP contribution in [-0.2, 0) is 4.74 Å². The molecule has 17 heavy (non-hydrogen) atoms. The summed E-state index contributed by atoms with van der Waals surface area (Å²) in [6.07, 6.45) is 4.31. The molecule has 100 valence electrons. The average Bonchev–Trinajstić information content (AvgIpc) is 2.75. The van der Waals surface area contributed by atoms with Crippen LogP contribution in [0.2, 0.25) is 0 Å². The molecule has 2 saturated heterocycles. The lowest BCUT2D eigenvalue weighted by Crippen LogP contribution is -2.49. The van der Waals surface area contributed by atoms with Crippen LogP contribution in [0.4, 0.5) is 0 Å². The predicted octanol–water partition coefficient (Wildman–Crippen LogP) is 0.391. The zero-order valence-corrected chi connectivity index (χ0v) is 11.3. The van der Waals surface area contributed by atoms with Crippen molar-refractivity contribution in [3.05, 3.63) is 0 Å². The molecule has 4 nitrogen and oxygen atoms in total. The first-order valence-corrected chi connectivity index (χ1v) is 6.97. The molecule has 0 aromatic rings. The van der Waals surface area contributed by atoms with Gasteiger partial charge in [0, 0.05) is 19.1 Å². The van der Waals surface area contributed by atoms with Crippen molar-refractivity contribution in [3.63, 3.8) is 0 Å². The Kier molecular flexibility index (Phi) is 5.22. The second-order valence-corrected chi connectivity index (χ2v) is 5.61. The first kappa shape index (κ1) is 13.3. The van der Waals surface area contributed by atoms with Gasteiger partial charge in [0.2, 0.25) is 0 Å². The number of rotatable bonds is 6. The van der Waals surface area contributed by atoms with Crippen LogP contribution >= 0.6 is 0 Å². The Hall–Kier alpha value is -0.160. The Morgan fingerprint density at radius 2 is 2.29 bits per heavy atom. The minimum Gasteiger partial charge on any atom is -0.374 e. The molecule has 0 aromatic heterocycles. The van der Waals surface area contributed by atoms with Gasteiger partial charge in [0.05, 0.1) is 12.7 Å². The van der Waals surface area contributed by atoms with E-state index in [0.717, 1.165) is 38.8 Å². The highest BCUT2D eigenvalue weighted by Crippen LogP contribution is 2.22. The minimum atomic E-state index is 0.406. The van der Waals surface area contributed by atoms with Crippen molar-refractivity contribution in [2.75, 3.05) is 53.4 Å². The van der Waals surface area contributed by atoms with Gasteiger partial charge >= 0.3 is 0 Å². The largest absolute Gasteiger partial charge is 0.374 e. The van der Waals surface area contributed by atoms with E-state index in [9.17, 15) is 0 Å². The molecule has 2 rings (SSSR count). The van der Waals surface area contributed by atoms with E-state index < -0.39 is 0 Å². The van der Waals surface area contributed by atoms with Crippen molar-refractivity contribution in [3.8, 4) is 0 Å². The first-order valence-electron chi connectivity index (χ1n) is 6.97. The molecule has 2 heterocycles. The lowest BCUT2D eigenvalue weighted by atomic mass is 10.2. The topological polar surface area (TPSA) is 27.7 Å². The average molecular weight is 241 g/mol. The highest BCUT2D eigenvalue weighted by atomic mass is 16.5. The number of fused-ring (bicyclic) bond motifs is 1. The summed E-state index contributed by atoms with van der Waals surface area (Å²) >= 11 is 0. The molecule has 0 saturated carbocycles. The highest BCUT2D eigenvalue weighted by molar-refractivity contribution is 4.85. The van der Waals surface area contributed by atoms with Crippen LogP contribution in [0, 0.1) is 0 Å². The molecule has 0 spiro atoms. The zero-order chi connectivity index (χ0) is 12.1. The van der Waals surface area contributed by atoms with E-state index in [1.807, 2.05) is 0 Å². The van der Waals surface area contributed by atoms with Crippen LogP contribution in [0.15, 0.2) is 0 Å². The Morgan fingerprint density at radius 1 is 1.41 bits per heavy atom. The maximum Gasteiger partial charge on any atom is 0.0826 e. The molecule has 1 N–H and O–H groups in total. The number of nitrogens with zero attached hydrogens (tertiary/aromatic N) is 2. The third-order valence-electron chi connectivity index (χ3n) is 3.79. The van der Waals surface area contributed by atoms with Crippen LogP contribution in [-0.4, -0.2) is 75.4 Å². The monoisotopic (exact) mass is 241 g/mol. The van der Waals surface area contributed by atoms with E-state index in [2.05, 4.69) is 29.2 Å². The molecule has 0 bridgehead atoms. The van der Waals surface area contributed by atoms with E-state index >= 15 is 0 Å². The first-order chi connectivity index (χ1) is 8.25. The van der Waals surface area contributed by atoms with Crippen molar-refractivity contribution in [2.24, 2.45) is 0 Å². The van der Waals surface area contributed by atoms with Gasteiger partial charge in [-0.2, -0.15) is 0 Å². The lowest BCUT2D eigenvalue weighted by molar-refractivity contribution is -0.0468. The van der Waals surface area contributed by atoms with Gasteiger partial charge in [-0.1, -0.05) is 0 Å². The van der Waals surface area contributed by atoms with Crippen LogP contribution in [0.3, 0.4) is 0 Å². The number of nitrogens with one attached hydrogen (secondary N) is 1. The van der Waals surface area contributed by atoms with Gasteiger partial charge in [0.15, 0.2) is 0 Å². The highest BCUT2D eigenvalue weighted by Gasteiger charge is 2.31. The van der Waals surface area contributed by atoms with Crippen LogP contribution < -0.4 is 5.32 Å². The maximum atomic E-state index is 5.90. The van der Waals surface area contributed by atoms with Gasteiger partial charge < -0.3 is 15.0 Å². The molecule has 2 atom stereocenters. The van der Waals surface area contributed by atoms with E-state index in [4.69, 9.17) is 4.74 Å². The molecular weight excluding hydrogens is 214 g/mol. The summed E-state index contributed by atoms with van der Waals surface area (Å²) in [5.41, 5.74) is 0. The van der Waals surface area contributed by atoms with Gasteiger partial charge in [-0.25, -0.2) is 0 Å². The summed E-state index contributed by atoms with van der Waals surface area (Å²) in [6.45, 7) is 6.63. The fraction of sp³-hybridized carbons (Fsp3) is 1.00. The second-order valence-electron chi connectivity index (χ2n) is 5.61. The number of hydrogen-bond acceptors (Lipinski definition) is 4. The van der Waals surface area contributed by atoms with Gasteiger partial charge in [-0.3, -0.25) is 4.90 Å². The molecule has 0 aromatic carbocycles. The van der Waals surface area contributed by atoms with E-state index in [1.54, 1.807) is 0 Å². The Bertz CT molecular complexity index is 223. The Balaban J connectivity index is 1.54. The van der Waals surface area contributed by atoms with E-state index in [1.165, 1.54) is 25.8 Å².